The molecule has 0 radical (unpaired) electrons. The number of halogens is 5. The van der Waals surface area contributed by atoms with Crippen molar-refractivity contribution in [3.63, 3.8) is 0 Å². The summed E-state index contributed by atoms with van der Waals surface area (Å²) in [5, 5.41) is 11.9. The van der Waals surface area contributed by atoms with Gasteiger partial charge < -0.3 is 0 Å². The van der Waals surface area contributed by atoms with Gasteiger partial charge in [-0.3, -0.25) is 0 Å². The van der Waals surface area contributed by atoms with Crippen molar-refractivity contribution in [3.05, 3.63) is 150 Å². The van der Waals surface area contributed by atoms with E-state index in [0.29, 0.717) is 38.7 Å². The Morgan fingerprint density at radius 3 is 1.61 bits per heavy atom. The number of rotatable bonds is 4. The normalized spacial score (nSPS) is 11.3. The van der Waals surface area contributed by atoms with E-state index in [1.165, 1.54) is 18.2 Å². The minimum atomic E-state index is -2.26. The third kappa shape index (κ3) is 4.68. The average molecular weight is 651 g/mol. The highest BCUT2D eigenvalue weighted by Gasteiger charge is 2.29. The zero-order chi connectivity index (χ0) is 33.8. The second-order valence-corrected chi connectivity index (χ2v) is 11.3. The van der Waals surface area contributed by atoms with Crippen LogP contribution in [0.2, 0.25) is 0 Å². The number of nitrogens with zero attached hydrogens (tertiary/aromatic N) is 4. The number of nitriles is 1. The molecule has 0 bridgehead atoms. The molecule has 8 rings (SSSR count). The largest absolute Gasteiger partial charge is 0.247 e. The van der Waals surface area contributed by atoms with Crippen LogP contribution < -0.4 is 0 Å². The lowest BCUT2D eigenvalue weighted by molar-refractivity contribution is 0.381. The topological polar surface area (TPSA) is 62.5 Å². The lowest BCUT2D eigenvalue weighted by Gasteiger charge is -2.18. The number of hydrogen-bond acceptors (Lipinski definition) is 4. The summed E-state index contributed by atoms with van der Waals surface area (Å²) >= 11 is 0. The molecule has 0 saturated heterocycles. The zero-order valence-corrected chi connectivity index (χ0v) is 25.1. The lowest BCUT2D eigenvalue weighted by Crippen LogP contribution is -2.05. The van der Waals surface area contributed by atoms with Crippen LogP contribution in [0, 0.1) is 40.4 Å². The van der Waals surface area contributed by atoms with Crippen molar-refractivity contribution in [1.82, 2.24) is 15.0 Å². The van der Waals surface area contributed by atoms with E-state index >= 15 is 8.78 Å². The quantitative estimate of drug-likeness (QED) is 0.0823. The zero-order valence-electron chi connectivity index (χ0n) is 25.1. The fourth-order valence-corrected chi connectivity index (χ4v) is 6.29. The van der Waals surface area contributed by atoms with Gasteiger partial charge in [0, 0.05) is 32.8 Å². The van der Waals surface area contributed by atoms with E-state index in [1.807, 2.05) is 66.7 Å². The van der Waals surface area contributed by atoms with Gasteiger partial charge in [0.25, 0.3) is 0 Å². The maximum atomic E-state index is 15.3. The number of pyridine rings is 1. The van der Waals surface area contributed by atoms with Gasteiger partial charge in [0.05, 0.1) is 50.8 Å². The average Bonchev–Trinajstić information content (AvgIpc) is 3.16. The molecular weight excluding hydrogens is 631 g/mol. The molecule has 0 saturated carbocycles. The predicted octanol–water partition coefficient (Wildman–Crippen LogP) is 10.6. The molecule has 2 heterocycles. The van der Waals surface area contributed by atoms with Crippen LogP contribution in [-0.4, -0.2) is 15.0 Å². The monoisotopic (exact) mass is 650 g/mol. The van der Waals surface area contributed by atoms with Gasteiger partial charge in [-0.1, -0.05) is 103 Å². The van der Waals surface area contributed by atoms with Crippen molar-refractivity contribution in [2.45, 2.75) is 0 Å². The second-order valence-electron chi connectivity index (χ2n) is 11.3. The predicted molar refractivity (Wildman–Crippen MR) is 179 cm³/mol. The van der Waals surface area contributed by atoms with Crippen molar-refractivity contribution in [2.75, 3.05) is 0 Å². The number of para-hydroxylation sites is 1. The molecule has 0 atom stereocenters. The summed E-state index contributed by atoms with van der Waals surface area (Å²) in [6.07, 6.45) is 0. The Morgan fingerprint density at radius 1 is 0.469 bits per heavy atom. The van der Waals surface area contributed by atoms with Gasteiger partial charge in [0.2, 0.25) is 5.82 Å². The molecule has 0 aliphatic heterocycles. The van der Waals surface area contributed by atoms with Crippen LogP contribution >= 0.6 is 0 Å². The van der Waals surface area contributed by atoms with Gasteiger partial charge in [0.1, 0.15) is 0 Å². The van der Waals surface area contributed by atoms with Crippen molar-refractivity contribution in [3.8, 4) is 51.0 Å². The third-order valence-electron chi connectivity index (χ3n) is 8.48. The molecule has 0 aliphatic carbocycles. The van der Waals surface area contributed by atoms with Crippen LogP contribution in [0.1, 0.15) is 5.56 Å². The molecule has 234 valence electrons. The van der Waals surface area contributed by atoms with E-state index in [0.717, 1.165) is 11.1 Å². The highest BCUT2D eigenvalue weighted by molar-refractivity contribution is 6.23. The summed E-state index contributed by atoms with van der Waals surface area (Å²) in [6, 6.07) is 35.6. The summed E-state index contributed by atoms with van der Waals surface area (Å²) in [7, 11) is 0. The van der Waals surface area contributed by atoms with Crippen LogP contribution in [0.3, 0.4) is 0 Å². The number of hydrogen-bond donors (Lipinski definition) is 0. The van der Waals surface area contributed by atoms with Crippen molar-refractivity contribution in [1.29, 1.82) is 5.26 Å². The lowest BCUT2D eigenvalue weighted by atomic mass is 9.90. The second kappa shape index (κ2) is 11.6. The maximum absolute atomic E-state index is 15.3. The van der Waals surface area contributed by atoms with Crippen molar-refractivity contribution < 1.29 is 22.0 Å². The van der Waals surface area contributed by atoms with E-state index in [2.05, 4.69) is 6.07 Å². The smallest absolute Gasteiger partial charge is 0.200 e. The number of benzene rings is 6. The van der Waals surface area contributed by atoms with Crippen LogP contribution in [0.25, 0.3) is 77.6 Å². The number of fused-ring (bicyclic) bond motifs is 5. The van der Waals surface area contributed by atoms with E-state index in [4.69, 9.17) is 15.0 Å². The molecular formula is C40H19F5N4. The molecule has 0 aliphatic rings. The van der Waals surface area contributed by atoms with E-state index < -0.39 is 34.6 Å². The Bertz CT molecular complexity index is 2640. The van der Waals surface area contributed by atoms with Crippen LogP contribution in [0.15, 0.2) is 115 Å². The van der Waals surface area contributed by atoms with Crippen molar-refractivity contribution in [2.24, 2.45) is 0 Å². The van der Waals surface area contributed by atoms with E-state index in [-0.39, 0.29) is 27.8 Å². The Labute approximate surface area is 275 Å². The molecule has 0 unspecified atom stereocenters. The van der Waals surface area contributed by atoms with Crippen LogP contribution in [-0.2, 0) is 0 Å². The summed E-state index contributed by atoms with van der Waals surface area (Å²) in [5.41, 5.74) is 2.96. The first-order valence-corrected chi connectivity index (χ1v) is 15.1. The molecule has 0 amide bonds. The van der Waals surface area contributed by atoms with Gasteiger partial charge in [-0.25, -0.2) is 36.9 Å². The standard InChI is InChI=1S/C40H19F5N4/c41-32-31(33(42)35(44)36(45)34(32)43)24-15-7-8-16-25(24)39-29-23(20-46)19-28-40(30(29)26-17-9-10-18-27(26)47-39)49-38(22-13-5-2-6-14-22)37(48-28)21-11-3-1-4-12-21/h1-19H. The summed E-state index contributed by atoms with van der Waals surface area (Å²) in [6.45, 7) is 0. The SMILES string of the molecule is N#Cc1cc2nc(-c3ccccc3)c(-c3ccccc3)nc2c2c1c(-c1ccccc1-c1c(F)c(F)c(F)c(F)c1F)nc1ccccc12. The van der Waals surface area contributed by atoms with E-state index in [1.54, 1.807) is 30.3 Å². The van der Waals surface area contributed by atoms with Gasteiger partial charge in [-0.05, 0) is 17.7 Å². The van der Waals surface area contributed by atoms with Crippen molar-refractivity contribution >= 4 is 32.7 Å². The molecule has 0 spiro atoms. The minimum Gasteiger partial charge on any atom is -0.247 e. The highest BCUT2D eigenvalue weighted by Crippen LogP contribution is 2.44. The molecule has 0 fully saturated rings. The van der Waals surface area contributed by atoms with Crippen LogP contribution in [0.4, 0.5) is 22.0 Å². The van der Waals surface area contributed by atoms with Gasteiger partial charge >= 0.3 is 0 Å². The van der Waals surface area contributed by atoms with Crippen LogP contribution in [0.5, 0.6) is 0 Å². The van der Waals surface area contributed by atoms with E-state index in [9.17, 15) is 18.4 Å². The summed E-state index contributed by atoms with van der Waals surface area (Å²) in [4.78, 5) is 15.1. The van der Waals surface area contributed by atoms with Gasteiger partial charge in [-0.2, -0.15) is 5.26 Å². The summed E-state index contributed by atoms with van der Waals surface area (Å²) in [5.74, 6) is -10.4. The molecule has 6 aromatic carbocycles. The molecule has 9 heteroatoms. The Kier molecular flexibility index (Phi) is 7.07. The molecule has 2 aromatic heterocycles. The Balaban J connectivity index is 1.55. The Hall–Kier alpha value is -6.53. The summed E-state index contributed by atoms with van der Waals surface area (Å²) < 4.78 is 73.6. The third-order valence-corrected chi connectivity index (χ3v) is 8.48. The number of aromatic nitrogens is 3. The first-order valence-electron chi connectivity index (χ1n) is 15.1. The molecule has 0 N–H and O–H groups in total. The molecule has 49 heavy (non-hydrogen) atoms. The maximum Gasteiger partial charge on any atom is 0.200 e. The first kappa shape index (κ1) is 29.8. The molecule has 8 aromatic rings. The fraction of sp³-hybridized carbons (Fsp3) is 0. The highest BCUT2D eigenvalue weighted by atomic mass is 19.2. The molecule has 4 nitrogen and oxygen atoms in total. The fourth-order valence-electron chi connectivity index (χ4n) is 6.29. The minimum absolute atomic E-state index is 0.0504. The van der Waals surface area contributed by atoms with Gasteiger partial charge in [-0.15, -0.1) is 0 Å². The Morgan fingerprint density at radius 2 is 0.980 bits per heavy atom. The first-order chi connectivity index (χ1) is 23.9. The van der Waals surface area contributed by atoms with Gasteiger partial charge in [0.15, 0.2) is 23.3 Å².